The van der Waals surface area contributed by atoms with E-state index in [1.54, 1.807) is 0 Å². The van der Waals surface area contributed by atoms with Gasteiger partial charge in [-0.05, 0) is 37.5 Å². The van der Waals surface area contributed by atoms with Gasteiger partial charge in [-0.2, -0.15) is 0 Å². The summed E-state index contributed by atoms with van der Waals surface area (Å²) in [7, 11) is 0. The molecule has 1 fully saturated rings. The van der Waals surface area contributed by atoms with E-state index in [0.29, 0.717) is 11.5 Å². The van der Waals surface area contributed by atoms with Crippen LogP contribution in [0.4, 0.5) is 0 Å². The monoisotopic (exact) mass is 314 g/mol. The van der Waals surface area contributed by atoms with Crippen molar-refractivity contribution in [3.05, 3.63) is 0 Å². The second-order valence-electron chi connectivity index (χ2n) is 8.25. The van der Waals surface area contributed by atoms with Gasteiger partial charge in [-0.3, -0.25) is 4.90 Å². The fourth-order valence-electron chi connectivity index (χ4n) is 2.64. The lowest BCUT2D eigenvalue weighted by Crippen LogP contribution is -2.44. The Balaban J connectivity index is 0.000000409. The summed E-state index contributed by atoms with van der Waals surface area (Å²) in [5, 5.41) is 3.33. The maximum Gasteiger partial charge on any atom is 0.0596 e. The minimum absolute atomic E-state index is 0.368. The minimum Gasteiger partial charge on any atom is -0.377 e. The third-order valence-electron chi connectivity index (χ3n) is 4.57. The van der Waals surface area contributed by atoms with Crippen LogP contribution in [0.5, 0.6) is 0 Å². The molecule has 0 aromatic heterocycles. The predicted octanol–water partition coefficient (Wildman–Crippen LogP) is 4.03. The van der Waals surface area contributed by atoms with Gasteiger partial charge in [0.05, 0.1) is 12.7 Å². The van der Waals surface area contributed by atoms with Gasteiger partial charge >= 0.3 is 0 Å². The SMILES string of the molecule is CC(C)CC(C)(C)C(C)C.CC(C)OCCN1CCNCC1. The molecule has 1 aliphatic heterocycles. The summed E-state index contributed by atoms with van der Waals surface area (Å²) in [6.45, 7) is 24.6. The summed E-state index contributed by atoms with van der Waals surface area (Å²) in [6.07, 6.45) is 1.71. The predicted molar refractivity (Wildman–Crippen MR) is 98.5 cm³/mol. The molecule has 0 unspecified atom stereocenters. The molecule has 0 aromatic carbocycles. The topological polar surface area (TPSA) is 24.5 Å². The molecule has 0 radical (unpaired) electrons. The third kappa shape index (κ3) is 11.4. The van der Waals surface area contributed by atoms with Crippen LogP contribution in [0.2, 0.25) is 0 Å². The lowest BCUT2D eigenvalue weighted by molar-refractivity contribution is 0.0566. The lowest BCUT2D eigenvalue weighted by atomic mass is 9.75. The van der Waals surface area contributed by atoms with Gasteiger partial charge in [-0.1, -0.05) is 41.5 Å². The molecule has 134 valence electrons. The van der Waals surface area contributed by atoms with Crippen LogP contribution in [0.15, 0.2) is 0 Å². The van der Waals surface area contributed by atoms with Gasteiger partial charge in [-0.25, -0.2) is 0 Å². The zero-order valence-corrected chi connectivity index (χ0v) is 16.5. The highest BCUT2D eigenvalue weighted by atomic mass is 16.5. The molecule has 3 heteroatoms. The molecule has 1 N–H and O–H groups in total. The molecule has 0 amide bonds. The fraction of sp³-hybridized carbons (Fsp3) is 1.00. The number of nitrogens with one attached hydrogen (secondary N) is 1. The van der Waals surface area contributed by atoms with Crippen molar-refractivity contribution in [2.45, 2.75) is 67.9 Å². The molecule has 1 saturated heterocycles. The second-order valence-corrected chi connectivity index (χ2v) is 8.25. The molecule has 1 heterocycles. The molecule has 0 aliphatic carbocycles. The maximum atomic E-state index is 5.48. The quantitative estimate of drug-likeness (QED) is 0.768. The van der Waals surface area contributed by atoms with Gasteiger partial charge < -0.3 is 10.1 Å². The van der Waals surface area contributed by atoms with Gasteiger partial charge in [0.2, 0.25) is 0 Å². The summed E-state index contributed by atoms with van der Waals surface area (Å²) in [5.41, 5.74) is 0.522. The van der Waals surface area contributed by atoms with E-state index in [-0.39, 0.29) is 0 Å². The van der Waals surface area contributed by atoms with E-state index < -0.39 is 0 Å². The van der Waals surface area contributed by atoms with Crippen molar-refractivity contribution < 1.29 is 4.74 Å². The first-order valence-corrected chi connectivity index (χ1v) is 9.19. The van der Waals surface area contributed by atoms with Crippen LogP contribution < -0.4 is 5.32 Å². The second kappa shape index (κ2) is 11.4. The molecule has 1 aliphatic rings. The van der Waals surface area contributed by atoms with Crippen LogP contribution in [0.25, 0.3) is 0 Å². The largest absolute Gasteiger partial charge is 0.377 e. The highest BCUT2D eigenvalue weighted by Gasteiger charge is 2.22. The smallest absolute Gasteiger partial charge is 0.0596 e. The standard InChI is InChI=1S/C10H22.C9H20N2O/c1-8(2)7-10(5,6)9(3)4;1-9(2)12-8-7-11-5-3-10-4-6-11/h8-9H,7H2,1-6H3;9-10H,3-8H2,1-2H3. The molecule has 0 spiro atoms. The number of hydrogen-bond donors (Lipinski definition) is 1. The zero-order valence-electron chi connectivity index (χ0n) is 16.5. The van der Waals surface area contributed by atoms with Gasteiger partial charge in [0, 0.05) is 32.7 Å². The zero-order chi connectivity index (χ0) is 17.2. The molecule has 1 rings (SSSR count). The van der Waals surface area contributed by atoms with E-state index in [1.165, 1.54) is 19.5 Å². The summed E-state index contributed by atoms with van der Waals surface area (Å²) in [4.78, 5) is 2.44. The van der Waals surface area contributed by atoms with Crippen LogP contribution in [0.3, 0.4) is 0 Å². The third-order valence-corrected chi connectivity index (χ3v) is 4.57. The van der Waals surface area contributed by atoms with E-state index in [0.717, 1.165) is 38.1 Å². The van der Waals surface area contributed by atoms with Crippen molar-refractivity contribution in [3.63, 3.8) is 0 Å². The van der Waals surface area contributed by atoms with E-state index in [1.807, 2.05) is 0 Å². The summed E-state index contributed by atoms with van der Waals surface area (Å²) < 4.78 is 5.48. The molecule has 0 bridgehead atoms. The van der Waals surface area contributed by atoms with Crippen LogP contribution in [-0.4, -0.2) is 50.3 Å². The number of piperazine rings is 1. The Morgan fingerprint density at radius 2 is 1.55 bits per heavy atom. The Morgan fingerprint density at radius 3 is 1.91 bits per heavy atom. The van der Waals surface area contributed by atoms with Crippen molar-refractivity contribution in [1.82, 2.24) is 10.2 Å². The first kappa shape index (κ1) is 21.9. The van der Waals surface area contributed by atoms with Crippen LogP contribution in [0, 0.1) is 17.3 Å². The Kier molecular flexibility index (Phi) is 11.4. The Labute approximate surface area is 140 Å². The molecule has 0 saturated carbocycles. The average molecular weight is 315 g/mol. The molecular formula is C19H42N2O. The molecule has 3 nitrogen and oxygen atoms in total. The lowest BCUT2D eigenvalue weighted by Gasteiger charge is -2.30. The maximum absolute atomic E-state index is 5.48. The number of ether oxygens (including phenoxy) is 1. The minimum atomic E-state index is 0.368. The van der Waals surface area contributed by atoms with Crippen molar-refractivity contribution in [2.75, 3.05) is 39.3 Å². The van der Waals surface area contributed by atoms with E-state index in [4.69, 9.17) is 4.74 Å². The molecule has 0 atom stereocenters. The van der Waals surface area contributed by atoms with Crippen LogP contribution in [0.1, 0.15) is 61.8 Å². The van der Waals surface area contributed by atoms with E-state index in [9.17, 15) is 0 Å². The van der Waals surface area contributed by atoms with Crippen LogP contribution in [-0.2, 0) is 4.74 Å². The van der Waals surface area contributed by atoms with Crippen molar-refractivity contribution >= 4 is 0 Å². The van der Waals surface area contributed by atoms with Gasteiger partial charge in [-0.15, -0.1) is 0 Å². The summed E-state index contributed by atoms with van der Waals surface area (Å²) in [6, 6.07) is 0. The summed E-state index contributed by atoms with van der Waals surface area (Å²) in [5.74, 6) is 1.63. The van der Waals surface area contributed by atoms with Crippen molar-refractivity contribution in [2.24, 2.45) is 17.3 Å². The van der Waals surface area contributed by atoms with Gasteiger partial charge in [0.1, 0.15) is 0 Å². The Bertz CT molecular complexity index is 256. The normalized spacial score (nSPS) is 17.0. The van der Waals surface area contributed by atoms with Gasteiger partial charge in [0.25, 0.3) is 0 Å². The van der Waals surface area contributed by atoms with E-state index in [2.05, 4.69) is 65.6 Å². The number of rotatable bonds is 7. The highest BCUT2D eigenvalue weighted by Crippen LogP contribution is 2.32. The first-order chi connectivity index (χ1) is 10.1. The van der Waals surface area contributed by atoms with Crippen molar-refractivity contribution in [3.8, 4) is 0 Å². The Morgan fingerprint density at radius 1 is 1.00 bits per heavy atom. The Hall–Kier alpha value is -0.120. The van der Waals surface area contributed by atoms with Crippen molar-refractivity contribution in [1.29, 1.82) is 0 Å². The first-order valence-electron chi connectivity index (χ1n) is 9.19. The highest BCUT2D eigenvalue weighted by molar-refractivity contribution is 4.73. The van der Waals surface area contributed by atoms with E-state index >= 15 is 0 Å². The van der Waals surface area contributed by atoms with Gasteiger partial charge in [0.15, 0.2) is 0 Å². The fourth-order valence-corrected chi connectivity index (χ4v) is 2.64. The number of nitrogens with zero attached hydrogens (tertiary/aromatic N) is 1. The molecule has 22 heavy (non-hydrogen) atoms. The number of hydrogen-bond acceptors (Lipinski definition) is 3. The van der Waals surface area contributed by atoms with Crippen LogP contribution >= 0.6 is 0 Å². The molecule has 0 aromatic rings. The summed E-state index contributed by atoms with van der Waals surface area (Å²) >= 11 is 0. The molecular weight excluding hydrogens is 272 g/mol. The average Bonchev–Trinajstić information content (AvgIpc) is 2.38.